The number of rotatable bonds is 4. The van der Waals surface area contributed by atoms with Gasteiger partial charge in [-0.25, -0.2) is 0 Å². The van der Waals surface area contributed by atoms with Crippen molar-refractivity contribution in [2.75, 3.05) is 0 Å². The normalized spacial score (nSPS) is 15.1. The van der Waals surface area contributed by atoms with Crippen LogP contribution < -0.4 is 0 Å². The standard InChI is InChI=1S/C13H20O/c1-4-10(3)11-6-8-12(9-7-11)13(14)5-2/h6-10,13-14H,4-5H2,1-3H3/t10?,13-/m0/s1. The van der Waals surface area contributed by atoms with Gasteiger partial charge in [0, 0.05) is 0 Å². The molecule has 0 spiro atoms. The Morgan fingerprint density at radius 3 is 1.93 bits per heavy atom. The lowest BCUT2D eigenvalue weighted by molar-refractivity contribution is 0.173. The number of aliphatic hydroxyl groups is 1. The first-order valence-electron chi connectivity index (χ1n) is 5.46. The topological polar surface area (TPSA) is 20.2 Å². The molecule has 0 saturated heterocycles. The molecule has 0 bridgehead atoms. The average molecular weight is 192 g/mol. The van der Waals surface area contributed by atoms with E-state index in [1.54, 1.807) is 0 Å². The summed E-state index contributed by atoms with van der Waals surface area (Å²) in [5.41, 5.74) is 2.39. The van der Waals surface area contributed by atoms with Gasteiger partial charge in [0.05, 0.1) is 6.10 Å². The largest absolute Gasteiger partial charge is 0.388 e. The molecule has 14 heavy (non-hydrogen) atoms. The lowest BCUT2D eigenvalue weighted by Gasteiger charge is -2.12. The van der Waals surface area contributed by atoms with Crippen LogP contribution in [-0.4, -0.2) is 5.11 Å². The molecule has 0 aliphatic carbocycles. The maximum atomic E-state index is 9.62. The number of hydrogen-bond acceptors (Lipinski definition) is 1. The maximum Gasteiger partial charge on any atom is 0.0787 e. The van der Waals surface area contributed by atoms with Crippen molar-refractivity contribution in [1.82, 2.24) is 0 Å². The molecule has 2 atom stereocenters. The van der Waals surface area contributed by atoms with Crippen molar-refractivity contribution in [2.45, 2.75) is 45.6 Å². The molecule has 1 aromatic carbocycles. The summed E-state index contributed by atoms with van der Waals surface area (Å²) in [4.78, 5) is 0. The molecule has 0 amide bonds. The molecule has 1 nitrogen and oxygen atoms in total. The van der Waals surface area contributed by atoms with E-state index in [0.29, 0.717) is 5.92 Å². The molecular formula is C13H20O. The summed E-state index contributed by atoms with van der Waals surface area (Å²) in [5, 5.41) is 9.62. The number of aliphatic hydroxyl groups excluding tert-OH is 1. The first kappa shape index (κ1) is 11.3. The number of hydrogen-bond donors (Lipinski definition) is 1. The number of benzene rings is 1. The lowest BCUT2D eigenvalue weighted by atomic mass is 9.96. The van der Waals surface area contributed by atoms with E-state index >= 15 is 0 Å². The summed E-state index contributed by atoms with van der Waals surface area (Å²) in [6.07, 6.45) is 1.64. The molecular weight excluding hydrogens is 172 g/mol. The molecule has 1 aromatic rings. The van der Waals surface area contributed by atoms with Crippen LogP contribution in [0, 0.1) is 0 Å². The van der Waals surface area contributed by atoms with Gasteiger partial charge in [0.25, 0.3) is 0 Å². The second-order valence-electron chi connectivity index (χ2n) is 3.90. The second kappa shape index (κ2) is 5.16. The van der Waals surface area contributed by atoms with E-state index in [-0.39, 0.29) is 6.10 Å². The fourth-order valence-electron chi connectivity index (χ4n) is 1.52. The van der Waals surface area contributed by atoms with E-state index in [1.807, 2.05) is 19.1 Å². The minimum Gasteiger partial charge on any atom is -0.388 e. The third-order valence-electron chi connectivity index (χ3n) is 2.89. The Labute approximate surface area is 86.8 Å². The van der Waals surface area contributed by atoms with Gasteiger partial charge in [0.15, 0.2) is 0 Å². The van der Waals surface area contributed by atoms with Crippen LogP contribution in [0.5, 0.6) is 0 Å². The van der Waals surface area contributed by atoms with Crippen LogP contribution >= 0.6 is 0 Å². The highest BCUT2D eigenvalue weighted by atomic mass is 16.3. The molecule has 0 fully saturated rings. The molecule has 1 N–H and O–H groups in total. The minimum atomic E-state index is -0.305. The Bertz CT molecular complexity index is 234. The minimum absolute atomic E-state index is 0.305. The molecule has 0 aliphatic rings. The maximum absolute atomic E-state index is 9.62. The predicted molar refractivity (Wildman–Crippen MR) is 60.4 cm³/mol. The SMILES string of the molecule is CCC(C)c1ccc([C@@H](O)CC)cc1. The highest BCUT2D eigenvalue weighted by molar-refractivity contribution is 5.26. The van der Waals surface area contributed by atoms with Crippen molar-refractivity contribution in [3.63, 3.8) is 0 Å². The zero-order valence-corrected chi connectivity index (χ0v) is 9.33. The van der Waals surface area contributed by atoms with Crippen molar-refractivity contribution in [1.29, 1.82) is 0 Å². The van der Waals surface area contributed by atoms with Crippen LogP contribution in [0.3, 0.4) is 0 Å². The highest BCUT2D eigenvalue weighted by Gasteiger charge is 2.06. The third-order valence-corrected chi connectivity index (χ3v) is 2.89. The van der Waals surface area contributed by atoms with Gasteiger partial charge >= 0.3 is 0 Å². The van der Waals surface area contributed by atoms with E-state index in [0.717, 1.165) is 18.4 Å². The van der Waals surface area contributed by atoms with Gasteiger partial charge in [-0.05, 0) is 29.9 Å². The lowest BCUT2D eigenvalue weighted by Crippen LogP contribution is -1.96. The first-order chi connectivity index (χ1) is 6.69. The van der Waals surface area contributed by atoms with E-state index in [2.05, 4.69) is 26.0 Å². The van der Waals surface area contributed by atoms with Crippen molar-refractivity contribution >= 4 is 0 Å². The van der Waals surface area contributed by atoms with Gasteiger partial charge in [-0.1, -0.05) is 45.0 Å². The van der Waals surface area contributed by atoms with Crippen LogP contribution in [-0.2, 0) is 0 Å². The molecule has 1 rings (SSSR count). The van der Waals surface area contributed by atoms with Crippen LogP contribution in [0.25, 0.3) is 0 Å². The first-order valence-corrected chi connectivity index (χ1v) is 5.46. The molecule has 1 unspecified atom stereocenters. The van der Waals surface area contributed by atoms with E-state index in [9.17, 15) is 5.11 Å². The van der Waals surface area contributed by atoms with Gasteiger partial charge in [-0.15, -0.1) is 0 Å². The molecule has 0 saturated carbocycles. The average Bonchev–Trinajstić information content (AvgIpc) is 2.27. The second-order valence-corrected chi connectivity index (χ2v) is 3.90. The Hall–Kier alpha value is -0.820. The van der Waals surface area contributed by atoms with Gasteiger partial charge < -0.3 is 5.11 Å². The van der Waals surface area contributed by atoms with Crippen molar-refractivity contribution in [3.8, 4) is 0 Å². The van der Waals surface area contributed by atoms with Crippen LogP contribution in [0.2, 0.25) is 0 Å². The van der Waals surface area contributed by atoms with E-state index in [1.165, 1.54) is 5.56 Å². The summed E-state index contributed by atoms with van der Waals surface area (Å²) in [6.45, 7) is 6.41. The molecule has 1 heteroatoms. The van der Waals surface area contributed by atoms with Crippen molar-refractivity contribution in [2.24, 2.45) is 0 Å². The van der Waals surface area contributed by atoms with Gasteiger partial charge in [-0.3, -0.25) is 0 Å². The summed E-state index contributed by atoms with van der Waals surface area (Å²) in [7, 11) is 0. The fraction of sp³-hybridized carbons (Fsp3) is 0.538. The molecule has 0 aromatic heterocycles. The predicted octanol–water partition coefficient (Wildman–Crippen LogP) is 3.64. The van der Waals surface area contributed by atoms with Crippen LogP contribution in [0.4, 0.5) is 0 Å². The summed E-state index contributed by atoms with van der Waals surface area (Å²) >= 11 is 0. The Kier molecular flexibility index (Phi) is 4.15. The van der Waals surface area contributed by atoms with Crippen LogP contribution in [0.1, 0.15) is 56.8 Å². The summed E-state index contributed by atoms with van der Waals surface area (Å²) in [5.74, 6) is 0.614. The van der Waals surface area contributed by atoms with Gasteiger partial charge in [-0.2, -0.15) is 0 Å². The fourth-order valence-corrected chi connectivity index (χ4v) is 1.52. The Morgan fingerprint density at radius 2 is 1.50 bits per heavy atom. The monoisotopic (exact) mass is 192 g/mol. The third kappa shape index (κ3) is 2.58. The highest BCUT2D eigenvalue weighted by Crippen LogP contribution is 2.22. The smallest absolute Gasteiger partial charge is 0.0787 e. The zero-order valence-electron chi connectivity index (χ0n) is 9.33. The van der Waals surface area contributed by atoms with Crippen LogP contribution in [0.15, 0.2) is 24.3 Å². The zero-order chi connectivity index (χ0) is 10.6. The van der Waals surface area contributed by atoms with E-state index < -0.39 is 0 Å². The van der Waals surface area contributed by atoms with Gasteiger partial charge in [0.2, 0.25) is 0 Å². The quantitative estimate of drug-likeness (QED) is 0.772. The van der Waals surface area contributed by atoms with Crippen molar-refractivity contribution < 1.29 is 5.11 Å². The van der Waals surface area contributed by atoms with Crippen molar-refractivity contribution in [3.05, 3.63) is 35.4 Å². The van der Waals surface area contributed by atoms with Gasteiger partial charge in [0.1, 0.15) is 0 Å². The molecule has 0 aliphatic heterocycles. The Balaban J connectivity index is 2.78. The Morgan fingerprint density at radius 1 is 1.00 bits per heavy atom. The summed E-state index contributed by atoms with van der Waals surface area (Å²) < 4.78 is 0. The van der Waals surface area contributed by atoms with E-state index in [4.69, 9.17) is 0 Å². The molecule has 0 heterocycles. The molecule has 0 radical (unpaired) electrons. The summed E-state index contributed by atoms with van der Waals surface area (Å²) in [6, 6.07) is 8.33. The molecule has 78 valence electrons.